The third-order valence-corrected chi connectivity index (χ3v) is 5.74. The molecule has 7 nitrogen and oxygen atoms in total. The van der Waals surface area contributed by atoms with Gasteiger partial charge < -0.3 is 20.7 Å². The summed E-state index contributed by atoms with van der Waals surface area (Å²) < 4.78 is 19.4. The number of allylic oxidation sites excluding steroid dienone is 2. The smallest absolute Gasteiger partial charge is 0.229 e. The normalized spacial score (nSPS) is 21.5. The first-order valence-electron chi connectivity index (χ1n) is 9.90. The molecule has 3 N–H and O–H groups in total. The number of halogens is 1. The molecule has 0 unspecified atom stereocenters. The number of anilines is 3. The van der Waals surface area contributed by atoms with Crippen LogP contribution in [0.25, 0.3) is 0 Å². The zero-order valence-corrected chi connectivity index (χ0v) is 15.9. The Morgan fingerprint density at radius 1 is 1.21 bits per heavy atom. The van der Waals surface area contributed by atoms with Crippen molar-refractivity contribution in [1.82, 2.24) is 9.97 Å². The monoisotopic (exact) mass is 395 g/mol. The number of nitrogens with zero attached hydrogens (tertiary/aromatic N) is 3. The molecule has 29 heavy (non-hydrogen) atoms. The van der Waals surface area contributed by atoms with Crippen molar-refractivity contribution in [2.45, 2.75) is 25.2 Å². The molecule has 1 fully saturated rings. The summed E-state index contributed by atoms with van der Waals surface area (Å²) in [5.74, 6) is 0.697. The number of nitrogens with one attached hydrogen (secondary N) is 1. The van der Waals surface area contributed by atoms with Gasteiger partial charge in [-0.25, -0.2) is 4.39 Å². The summed E-state index contributed by atoms with van der Waals surface area (Å²) >= 11 is 0. The predicted molar refractivity (Wildman–Crippen MR) is 107 cm³/mol. The molecule has 1 aromatic carbocycles. The van der Waals surface area contributed by atoms with Crippen LogP contribution >= 0.6 is 0 Å². The van der Waals surface area contributed by atoms with E-state index in [0.717, 1.165) is 18.5 Å². The van der Waals surface area contributed by atoms with Crippen molar-refractivity contribution < 1.29 is 13.9 Å². The first-order chi connectivity index (χ1) is 14.1. The zero-order valence-electron chi connectivity index (χ0n) is 15.9. The summed E-state index contributed by atoms with van der Waals surface area (Å²) in [7, 11) is 0. The number of hydrogen-bond donors (Lipinski definition) is 2. The van der Waals surface area contributed by atoms with Gasteiger partial charge in [0, 0.05) is 42.3 Å². The van der Waals surface area contributed by atoms with Crippen molar-refractivity contribution in [2.24, 2.45) is 0 Å². The van der Waals surface area contributed by atoms with E-state index >= 15 is 0 Å². The maximum atomic E-state index is 14.0. The van der Waals surface area contributed by atoms with Gasteiger partial charge in [-0.3, -0.25) is 4.79 Å². The summed E-state index contributed by atoms with van der Waals surface area (Å²) in [5, 5.41) is 3.34. The molecule has 1 atom stereocenters. The fraction of sp³-hybridized carbons (Fsp3) is 0.381. The Morgan fingerprint density at radius 2 is 2.03 bits per heavy atom. The lowest BCUT2D eigenvalue weighted by Crippen LogP contribution is -2.38. The van der Waals surface area contributed by atoms with Gasteiger partial charge in [0.2, 0.25) is 5.95 Å². The largest absolute Gasteiger partial charge is 0.383 e. The first kappa shape index (κ1) is 18.1. The van der Waals surface area contributed by atoms with Gasteiger partial charge in [-0.1, -0.05) is 12.1 Å². The van der Waals surface area contributed by atoms with Gasteiger partial charge in [-0.05, 0) is 30.5 Å². The molecule has 150 valence electrons. The number of Topliss-reactive ketones (excluding diaryl/α,β-unsaturated/α-hetero) is 1. The maximum Gasteiger partial charge on any atom is 0.229 e. The Hall–Kier alpha value is -3.00. The number of rotatable bonds is 2. The van der Waals surface area contributed by atoms with Gasteiger partial charge in [0.15, 0.2) is 5.78 Å². The molecule has 1 aromatic heterocycles. The van der Waals surface area contributed by atoms with Gasteiger partial charge in [-0.15, -0.1) is 0 Å². The molecule has 2 aliphatic heterocycles. The summed E-state index contributed by atoms with van der Waals surface area (Å²) in [4.78, 5) is 24.2. The Bertz CT molecular complexity index is 1020. The highest BCUT2D eigenvalue weighted by Crippen LogP contribution is 2.47. The van der Waals surface area contributed by atoms with Crippen LogP contribution in [0.1, 0.15) is 36.3 Å². The van der Waals surface area contributed by atoms with E-state index in [0.29, 0.717) is 67.0 Å². The molecule has 0 bridgehead atoms. The van der Waals surface area contributed by atoms with E-state index in [9.17, 15) is 9.18 Å². The lowest BCUT2D eigenvalue weighted by molar-refractivity contribution is -0.116. The molecular weight excluding hydrogens is 373 g/mol. The van der Waals surface area contributed by atoms with E-state index in [1.165, 1.54) is 12.1 Å². The summed E-state index contributed by atoms with van der Waals surface area (Å²) in [6.45, 7) is 2.61. The highest BCUT2D eigenvalue weighted by Gasteiger charge is 2.38. The summed E-state index contributed by atoms with van der Waals surface area (Å²) in [6, 6.07) is 6.33. The van der Waals surface area contributed by atoms with Crippen LogP contribution in [0.3, 0.4) is 0 Å². The molecule has 3 heterocycles. The van der Waals surface area contributed by atoms with Crippen LogP contribution in [0.2, 0.25) is 0 Å². The van der Waals surface area contributed by atoms with Crippen molar-refractivity contribution in [1.29, 1.82) is 0 Å². The molecule has 0 spiro atoms. The van der Waals surface area contributed by atoms with Gasteiger partial charge in [-0.2, -0.15) is 9.97 Å². The third-order valence-electron chi connectivity index (χ3n) is 5.74. The topological polar surface area (TPSA) is 93.4 Å². The number of morpholine rings is 1. The lowest BCUT2D eigenvalue weighted by atomic mass is 9.76. The number of nitrogen functional groups attached to an aromatic ring is 1. The van der Waals surface area contributed by atoms with Crippen LogP contribution in [0.15, 0.2) is 35.5 Å². The number of ether oxygens (including phenoxy) is 1. The molecule has 0 amide bonds. The van der Waals surface area contributed by atoms with Gasteiger partial charge in [0.1, 0.15) is 17.5 Å². The van der Waals surface area contributed by atoms with Gasteiger partial charge in [0.25, 0.3) is 0 Å². The lowest BCUT2D eigenvalue weighted by Gasteiger charge is -2.35. The minimum absolute atomic E-state index is 0.0651. The average molecular weight is 395 g/mol. The third kappa shape index (κ3) is 3.13. The summed E-state index contributed by atoms with van der Waals surface area (Å²) in [6.07, 6.45) is 2.02. The molecule has 1 saturated heterocycles. The Labute approximate surface area is 167 Å². The zero-order chi connectivity index (χ0) is 20.0. The number of fused-ring (bicyclic) bond motifs is 1. The van der Waals surface area contributed by atoms with Crippen LogP contribution in [-0.4, -0.2) is 42.1 Å². The number of nitrogens with two attached hydrogens (primary N) is 1. The average Bonchev–Trinajstić information content (AvgIpc) is 2.73. The standard InChI is InChI=1S/C21H22FN5O2/c22-13-4-1-3-12(11-13)16-17-14(5-2-6-15(17)28)24-20-18(16)19(23)25-21(26-20)27-7-9-29-10-8-27/h1,3-4,11,16H,2,5-10H2,(H3,23,24,25,26)/t16-/m1/s1. The van der Waals surface area contributed by atoms with E-state index < -0.39 is 5.92 Å². The molecule has 1 aliphatic carbocycles. The molecule has 2 aromatic rings. The van der Waals surface area contributed by atoms with Gasteiger partial charge in [0.05, 0.1) is 13.2 Å². The molecular formula is C21H22FN5O2. The van der Waals surface area contributed by atoms with Crippen molar-refractivity contribution >= 4 is 23.4 Å². The fourth-order valence-electron chi connectivity index (χ4n) is 4.39. The number of hydrogen-bond acceptors (Lipinski definition) is 7. The fourth-order valence-corrected chi connectivity index (χ4v) is 4.39. The minimum atomic E-state index is -0.469. The van der Waals surface area contributed by atoms with Crippen molar-refractivity contribution in [3.63, 3.8) is 0 Å². The van der Waals surface area contributed by atoms with E-state index in [2.05, 4.69) is 10.3 Å². The number of benzene rings is 1. The van der Waals surface area contributed by atoms with Crippen LogP contribution in [0.5, 0.6) is 0 Å². The van der Waals surface area contributed by atoms with Crippen LogP contribution in [0.4, 0.5) is 22.0 Å². The molecule has 0 radical (unpaired) electrons. The number of aromatic nitrogens is 2. The van der Waals surface area contributed by atoms with E-state index in [-0.39, 0.29) is 11.6 Å². The predicted octanol–water partition coefficient (Wildman–Crippen LogP) is 2.60. The second kappa shape index (κ2) is 7.11. The van der Waals surface area contributed by atoms with Crippen LogP contribution in [-0.2, 0) is 9.53 Å². The van der Waals surface area contributed by atoms with Crippen LogP contribution < -0.4 is 16.0 Å². The number of carbonyl (C=O) groups excluding carboxylic acids is 1. The quantitative estimate of drug-likeness (QED) is 0.807. The molecule has 3 aliphatic rings. The molecule has 8 heteroatoms. The Kier molecular flexibility index (Phi) is 4.43. The SMILES string of the molecule is Nc1nc(N2CCOCC2)nc2c1[C@H](c1cccc(F)c1)C1=C(CCCC1=O)N2. The molecule has 0 saturated carbocycles. The number of carbonyl (C=O) groups is 1. The van der Waals surface area contributed by atoms with E-state index in [1.807, 2.05) is 11.0 Å². The Balaban J connectivity index is 1.67. The molecule has 5 rings (SSSR count). The van der Waals surface area contributed by atoms with Crippen molar-refractivity contribution in [2.75, 3.05) is 42.3 Å². The summed E-state index contributed by atoms with van der Waals surface area (Å²) in [5.41, 5.74) is 9.24. The maximum absolute atomic E-state index is 14.0. The Morgan fingerprint density at radius 3 is 2.83 bits per heavy atom. The van der Waals surface area contributed by atoms with E-state index in [1.54, 1.807) is 6.07 Å². The second-order valence-electron chi connectivity index (χ2n) is 7.55. The van der Waals surface area contributed by atoms with Crippen molar-refractivity contribution in [3.8, 4) is 0 Å². The van der Waals surface area contributed by atoms with E-state index in [4.69, 9.17) is 15.5 Å². The van der Waals surface area contributed by atoms with Gasteiger partial charge >= 0.3 is 0 Å². The second-order valence-corrected chi connectivity index (χ2v) is 7.55. The minimum Gasteiger partial charge on any atom is -0.383 e. The van der Waals surface area contributed by atoms with Crippen LogP contribution in [0, 0.1) is 5.82 Å². The van der Waals surface area contributed by atoms with Crippen molar-refractivity contribution in [3.05, 3.63) is 52.5 Å². The highest BCUT2D eigenvalue weighted by molar-refractivity contribution is 6.01. The first-order valence-corrected chi connectivity index (χ1v) is 9.90. The number of ketones is 1. The highest BCUT2D eigenvalue weighted by atomic mass is 19.1.